The summed E-state index contributed by atoms with van der Waals surface area (Å²) in [7, 11) is 0. The molecule has 62 heavy (non-hydrogen) atoms. The zero-order valence-electron chi connectivity index (χ0n) is 34.0. The van der Waals surface area contributed by atoms with Gasteiger partial charge in [0.25, 0.3) is 0 Å². The highest BCUT2D eigenvalue weighted by Gasteiger charge is 2.19. The lowest BCUT2D eigenvalue weighted by atomic mass is 9.94. The van der Waals surface area contributed by atoms with E-state index >= 15 is 0 Å². The molecular weight excluding hydrogens is 749 g/mol. The number of benzene rings is 11. The SMILES string of the molecule is c1ccc(-c2ccc(-c3cccc(N(c4ccc(-c5cccc6c5c5ccccc5n6-c5ccccc5)cc4)c4ccc5c6ccccc6c6ccccc6c5c4)c3)cc2)cc1. The van der Waals surface area contributed by atoms with E-state index in [-0.39, 0.29) is 0 Å². The largest absolute Gasteiger partial charge is 0.310 e. The zero-order chi connectivity index (χ0) is 41.0. The van der Waals surface area contributed by atoms with E-state index in [0.717, 1.165) is 22.7 Å². The monoisotopic (exact) mass is 788 g/mol. The number of anilines is 3. The minimum Gasteiger partial charge on any atom is -0.310 e. The van der Waals surface area contributed by atoms with Crippen molar-refractivity contribution in [2.75, 3.05) is 4.90 Å². The van der Waals surface area contributed by atoms with E-state index in [2.05, 4.69) is 252 Å². The van der Waals surface area contributed by atoms with Gasteiger partial charge < -0.3 is 9.47 Å². The van der Waals surface area contributed by atoms with E-state index in [1.165, 1.54) is 87.5 Å². The van der Waals surface area contributed by atoms with Crippen LogP contribution in [0.1, 0.15) is 0 Å². The van der Waals surface area contributed by atoms with Gasteiger partial charge in [0.05, 0.1) is 11.0 Å². The van der Waals surface area contributed by atoms with Crippen LogP contribution in [-0.4, -0.2) is 4.57 Å². The molecule has 0 radical (unpaired) electrons. The number of rotatable bonds is 7. The number of aromatic nitrogens is 1. The van der Waals surface area contributed by atoms with Crippen LogP contribution in [0.5, 0.6) is 0 Å². The Morgan fingerprint density at radius 1 is 0.258 bits per heavy atom. The van der Waals surface area contributed by atoms with Gasteiger partial charge in [-0.1, -0.05) is 182 Å². The molecule has 12 rings (SSSR count). The minimum atomic E-state index is 1.09. The zero-order valence-corrected chi connectivity index (χ0v) is 34.0. The third kappa shape index (κ3) is 5.96. The van der Waals surface area contributed by atoms with E-state index < -0.39 is 0 Å². The van der Waals surface area contributed by atoms with Gasteiger partial charge in [-0.15, -0.1) is 0 Å². The first-order valence-corrected chi connectivity index (χ1v) is 21.3. The second kappa shape index (κ2) is 14.8. The van der Waals surface area contributed by atoms with Gasteiger partial charge in [-0.2, -0.15) is 0 Å². The first-order valence-electron chi connectivity index (χ1n) is 21.3. The highest BCUT2D eigenvalue weighted by molar-refractivity contribution is 6.26. The van der Waals surface area contributed by atoms with Crippen LogP contribution in [0.15, 0.2) is 243 Å². The first kappa shape index (κ1) is 35.7. The molecule has 0 fully saturated rings. The summed E-state index contributed by atoms with van der Waals surface area (Å²) in [6.07, 6.45) is 0. The molecule has 1 heterocycles. The van der Waals surface area contributed by atoms with Crippen LogP contribution in [0.25, 0.3) is 93.2 Å². The van der Waals surface area contributed by atoms with Gasteiger partial charge in [-0.3, -0.25) is 0 Å². The lowest BCUT2D eigenvalue weighted by Gasteiger charge is -2.27. The van der Waals surface area contributed by atoms with Crippen molar-refractivity contribution in [1.82, 2.24) is 4.57 Å². The summed E-state index contributed by atoms with van der Waals surface area (Å²) in [5, 5.41) is 10.1. The van der Waals surface area contributed by atoms with Crippen LogP contribution in [-0.2, 0) is 0 Å². The summed E-state index contributed by atoms with van der Waals surface area (Å²) >= 11 is 0. The number of para-hydroxylation sites is 2. The standard InChI is InChI=1S/C60H40N2/c1-3-15-41(16-4-1)42-29-31-43(32-30-42)45-17-13-20-48(39-45)61(49-37-38-55-53-23-8-7-21-51(53)52-22-9-10-24-54(52)57(55)40-49)47-35-33-44(34-36-47)50-26-14-28-59-60(50)56-25-11-12-27-58(56)62(59)46-18-5-2-6-19-46/h1-40H. The highest BCUT2D eigenvalue weighted by atomic mass is 15.1. The first-order chi connectivity index (χ1) is 30.8. The number of hydrogen-bond donors (Lipinski definition) is 0. The number of fused-ring (bicyclic) bond motifs is 9. The molecule has 2 heteroatoms. The Bertz CT molecular complexity index is 3570. The molecule has 12 aromatic rings. The van der Waals surface area contributed by atoms with E-state index in [4.69, 9.17) is 0 Å². The van der Waals surface area contributed by atoms with Crippen LogP contribution in [0.2, 0.25) is 0 Å². The highest BCUT2D eigenvalue weighted by Crippen LogP contribution is 2.44. The van der Waals surface area contributed by atoms with E-state index in [1.807, 2.05) is 0 Å². The maximum Gasteiger partial charge on any atom is 0.0547 e. The lowest BCUT2D eigenvalue weighted by molar-refractivity contribution is 1.18. The smallest absolute Gasteiger partial charge is 0.0547 e. The maximum atomic E-state index is 2.41. The Kier molecular flexibility index (Phi) is 8.53. The van der Waals surface area contributed by atoms with Gasteiger partial charge in [0.15, 0.2) is 0 Å². The fourth-order valence-corrected chi connectivity index (χ4v) is 9.70. The molecule has 0 amide bonds. The summed E-state index contributed by atoms with van der Waals surface area (Å²) in [5.74, 6) is 0. The number of hydrogen-bond acceptors (Lipinski definition) is 1. The normalized spacial score (nSPS) is 11.5. The molecule has 0 saturated heterocycles. The van der Waals surface area contributed by atoms with Crippen LogP contribution in [0, 0.1) is 0 Å². The fraction of sp³-hybridized carbons (Fsp3) is 0. The molecular formula is C60H40N2. The predicted molar refractivity (Wildman–Crippen MR) is 264 cm³/mol. The average Bonchev–Trinajstić information content (AvgIpc) is 3.70. The Morgan fingerprint density at radius 3 is 1.42 bits per heavy atom. The topological polar surface area (TPSA) is 8.17 Å². The molecule has 1 aromatic heterocycles. The summed E-state index contributed by atoms with van der Waals surface area (Å²) in [4.78, 5) is 2.41. The van der Waals surface area contributed by atoms with Gasteiger partial charge in [0.2, 0.25) is 0 Å². The molecule has 0 spiro atoms. The summed E-state index contributed by atoms with van der Waals surface area (Å²) < 4.78 is 2.39. The Labute approximate surface area is 360 Å². The van der Waals surface area contributed by atoms with Crippen molar-refractivity contribution in [3.05, 3.63) is 243 Å². The summed E-state index contributed by atoms with van der Waals surface area (Å²) in [5.41, 5.74) is 14.0. The quantitative estimate of drug-likeness (QED) is 0.146. The molecule has 0 bridgehead atoms. The van der Waals surface area contributed by atoms with Gasteiger partial charge in [0.1, 0.15) is 0 Å². The van der Waals surface area contributed by atoms with Crippen molar-refractivity contribution in [3.63, 3.8) is 0 Å². The minimum absolute atomic E-state index is 1.09. The van der Waals surface area contributed by atoms with E-state index in [0.29, 0.717) is 0 Å². The van der Waals surface area contributed by atoms with E-state index in [1.54, 1.807) is 0 Å². The van der Waals surface area contributed by atoms with Gasteiger partial charge in [-0.25, -0.2) is 0 Å². The molecule has 0 aliphatic carbocycles. The number of nitrogens with zero attached hydrogens (tertiary/aromatic N) is 2. The van der Waals surface area contributed by atoms with Crippen LogP contribution < -0.4 is 4.90 Å². The van der Waals surface area contributed by atoms with Crippen molar-refractivity contribution in [1.29, 1.82) is 0 Å². The van der Waals surface area contributed by atoms with Crippen molar-refractivity contribution in [2.24, 2.45) is 0 Å². The molecule has 11 aromatic carbocycles. The molecule has 0 aliphatic heterocycles. The van der Waals surface area contributed by atoms with Crippen molar-refractivity contribution in [3.8, 4) is 39.1 Å². The Balaban J connectivity index is 1.02. The van der Waals surface area contributed by atoms with Gasteiger partial charge >= 0.3 is 0 Å². The predicted octanol–water partition coefficient (Wildman–Crippen LogP) is 16.7. The molecule has 0 aliphatic rings. The third-order valence-corrected chi connectivity index (χ3v) is 12.6. The van der Waals surface area contributed by atoms with Crippen LogP contribution in [0.3, 0.4) is 0 Å². The second-order valence-electron chi connectivity index (χ2n) is 16.1. The maximum absolute atomic E-state index is 2.41. The lowest BCUT2D eigenvalue weighted by Crippen LogP contribution is -2.10. The van der Waals surface area contributed by atoms with Crippen LogP contribution in [0.4, 0.5) is 17.1 Å². The van der Waals surface area contributed by atoms with Gasteiger partial charge in [0, 0.05) is 33.5 Å². The molecule has 0 N–H and O–H groups in total. The summed E-state index contributed by atoms with van der Waals surface area (Å²) in [6.45, 7) is 0. The molecule has 0 atom stereocenters. The van der Waals surface area contributed by atoms with Crippen molar-refractivity contribution < 1.29 is 0 Å². The third-order valence-electron chi connectivity index (χ3n) is 12.6. The fourth-order valence-electron chi connectivity index (χ4n) is 9.70. The molecule has 0 unspecified atom stereocenters. The molecule has 290 valence electrons. The van der Waals surface area contributed by atoms with Crippen LogP contribution >= 0.6 is 0 Å². The second-order valence-corrected chi connectivity index (χ2v) is 16.1. The van der Waals surface area contributed by atoms with Crippen molar-refractivity contribution in [2.45, 2.75) is 0 Å². The summed E-state index contributed by atoms with van der Waals surface area (Å²) in [6, 6.07) is 88.4. The average molecular weight is 789 g/mol. The van der Waals surface area contributed by atoms with Crippen molar-refractivity contribution >= 4 is 71.2 Å². The van der Waals surface area contributed by atoms with Gasteiger partial charge in [-0.05, 0) is 126 Å². The van der Waals surface area contributed by atoms with E-state index in [9.17, 15) is 0 Å². The molecule has 2 nitrogen and oxygen atoms in total. The Morgan fingerprint density at radius 2 is 0.726 bits per heavy atom. The Hall–Kier alpha value is -8.20. The molecule has 0 saturated carbocycles.